The van der Waals surface area contributed by atoms with Crippen molar-refractivity contribution >= 4 is 66.7 Å². The van der Waals surface area contributed by atoms with Crippen LogP contribution in [0.5, 0.6) is 0 Å². The Morgan fingerprint density at radius 1 is 1.38 bits per heavy atom. The number of carbonyl (C=O) groups excluding carboxylic acids is 1. The smallest absolute Gasteiger partial charge is 0.253 e. The van der Waals surface area contributed by atoms with Crippen LogP contribution in [0.1, 0.15) is 15.9 Å². The lowest BCUT2D eigenvalue weighted by atomic mass is 10.1. The standard InChI is InChI=1S/C15H12BrIN2OS/c16-10-1-2-13-12(7-10)9(8-19-13)3-5-18-15(20)11-4-6-21-14(11)17/h1-2,4,6-8,19H,3,5H2,(H,18,20). The molecular formula is C15H12BrIN2OS. The highest BCUT2D eigenvalue weighted by Gasteiger charge is 2.11. The fraction of sp³-hybridized carbons (Fsp3) is 0.133. The maximum atomic E-state index is 12.0. The summed E-state index contributed by atoms with van der Waals surface area (Å²) in [7, 11) is 0. The maximum Gasteiger partial charge on any atom is 0.253 e. The van der Waals surface area contributed by atoms with Crippen molar-refractivity contribution in [2.75, 3.05) is 6.54 Å². The van der Waals surface area contributed by atoms with Crippen LogP contribution in [0, 0.1) is 2.88 Å². The third-order valence-electron chi connectivity index (χ3n) is 3.27. The summed E-state index contributed by atoms with van der Waals surface area (Å²) in [4.78, 5) is 15.3. The average molecular weight is 475 g/mol. The van der Waals surface area contributed by atoms with Crippen molar-refractivity contribution in [1.29, 1.82) is 0 Å². The first-order chi connectivity index (χ1) is 10.1. The summed E-state index contributed by atoms with van der Waals surface area (Å²) < 4.78 is 2.09. The second kappa shape index (κ2) is 6.50. The van der Waals surface area contributed by atoms with E-state index in [2.05, 4.69) is 61.0 Å². The van der Waals surface area contributed by atoms with Crippen LogP contribution in [0.15, 0.2) is 40.3 Å². The van der Waals surface area contributed by atoms with E-state index in [1.807, 2.05) is 23.7 Å². The van der Waals surface area contributed by atoms with E-state index in [9.17, 15) is 4.79 Å². The highest BCUT2D eigenvalue weighted by molar-refractivity contribution is 14.1. The second-order valence-corrected chi connectivity index (χ2v) is 8.26. The molecule has 2 heterocycles. The van der Waals surface area contributed by atoms with E-state index >= 15 is 0 Å². The van der Waals surface area contributed by atoms with Gasteiger partial charge in [0.15, 0.2) is 0 Å². The Bertz CT molecular complexity index is 796. The number of benzene rings is 1. The van der Waals surface area contributed by atoms with Crippen molar-refractivity contribution in [2.24, 2.45) is 0 Å². The van der Waals surface area contributed by atoms with Gasteiger partial charge in [0.1, 0.15) is 0 Å². The number of H-pyrrole nitrogens is 1. The molecule has 21 heavy (non-hydrogen) atoms. The zero-order valence-electron chi connectivity index (χ0n) is 11.0. The molecule has 0 aliphatic heterocycles. The van der Waals surface area contributed by atoms with Crippen molar-refractivity contribution in [3.63, 3.8) is 0 Å². The van der Waals surface area contributed by atoms with Gasteiger partial charge in [-0.1, -0.05) is 15.9 Å². The first-order valence-corrected chi connectivity index (χ1v) is 9.17. The monoisotopic (exact) mass is 474 g/mol. The number of aromatic amines is 1. The Morgan fingerprint density at radius 3 is 3.00 bits per heavy atom. The predicted molar refractivity (Wildman–Crippen MR) is 99.1 cm³/mol. The van der Waals surface area contributed by atoms with Crippen LogP contribution in [0.2, 0.25) is 0 Å². The highest BCUT2D eigenvalue weighted by Crippen LogP contribution is 2.23. The molecule has 0 aliphatic carbocycles. The zero-order chi connectivity index (χ0) is 14.8. The van der Waals surface area contributed by atoms with Gasteiger partial charge in [-0.2, -0.15) is 0 Å². The summed E-state index contributed by atoms with van der Waals surface area (Å²) in [6, 6.07) is 8.04. The Kier molecular flexibility index (Phi) is 4.66. The molecule has 0 saturated carbocycles. The van der Waals surface area contributed by atoms with Crippen LogP contribution in [0.25, 0.3) is 10.9 Å². The molecule has 0 aliphatic rings. The molecule has 3 nitrogen and oxygen atoms in total. The Morgan fingerprint density at radius 2 is 2.24 bits per heavy atom. The summed E-state index contributed by atoms with van der Waals surface area (Å²) >= 11 is 7.27. The second-order valence-electron chi connectivity index (χ2n) is 4.62. The molecular weight excluding hydrogens is 463 g/mol. The van der Waals surface area contributed by atoms with Crippen LogP contribution in [-0.4, -0.2) is 17.4 Å². The van der Waals surface area contributed by atoms with E-state index in [1.165, 1.54) is 10.9 Å². The largest absolute Gasteiger partial charge is 0.361 e. The number of amides is 1. The number of carbonyl (C=O) groups is 1. The minimum Gasteiger partial charge on any atom is -0.361 e. The van der Waals surface area contributed by atoms with Crippen molar-refractivity contribution in [2.45, 2.75) is 6.42 Å². The SMILES string of the molecule is O=C(NCCc1c[nH]c2ccc(Br)cc12)c1ccsc1I. The van der Waals surface area contributed by atoms with Crippen LogP contribution >= 0.6 is 49.9 Å². The minimum atomic E-state index is 0.00155. The number of halogens is 2. The lowest BCUT2D eigenvalue weighted by molar-refractivity contribution is 0.0954. The molecule has 0 fully saturated rings. The molecule has 0 radical (unpaired) electrons. The van der Waals surface area contributed by atoms with Gasteiger partial charge in [0.2, 0.25) is 0 Å². The van der Waals surface area contributed by atoms with Crippen molar-refractivity contribution in [1.82, 2.24) is 10.3 Å². The van der Waals surface area contributed by atoms with Gasteiger partial charge in [-0.3, -0.25) is 4.79 Å². The van der Waals surface area contributed by atoms with E-state index in [0.29, 0.717) is 6.54 Å². The van der Waals surface area contributed by atoms with Crippen LogP contribution in [0.4, 0.5) is 0 Å². The summed E-state index contributed by atoms with van der Waals surface area (Å²) in [6.45, 7) is 0.629. The molecule has 2 aromatic heterocycles. The van der Waals surface area contributed by atoms with Gasteiger partial charge in [-0.25, -0.2) is 0 Å². The quantitative estimate of drug-likeness (QED) is 0.534. The third-order valence-corrected chi connectivity index (χ3v) is 5.81. The number of thiophene rings is 1. The predicted octanol–water partition coefficient (Wildman–Crippen LogP) is 4.57. The molecule has 1 amide bonds. The molecule has 0 atom stereocenters. The molecule has 108 valence electrons. The Balaban J connectivity index is 1.66. The summed E-state index contributed by atoms with van der Waals surface area (Å²) in [5.41, 5.74) is 3.10. The van der Waals surface area contributed by atoms with Crippen LogP contribution in [-0.2, 0) is 6.42 Å². The van der Waals surface area contributed by atoms with E-state index < -0.39 is 0 Å². The first-order valence-electron chi connectivity index (χ1n) is 6.42. The summed E-state index contributed by atoms with van der Waals surface area (Å²) in [6.07, 6.45) is 2.82. The average Bonchev–Trinajstić information content (AvgIpc) is 3.05. The molecule has 0 bridgehead atoms. The number of hydrogen-bond acceptors (Lipinski definition) is 2. The topological polar surface area (TPSA) is 44.9 Å². The van der Waals surface area contributed by atoms with Gasteiger partial charge < -0.3 is 10.3 Å². The Hall–Kier alpha value is -0.860. The fourth-order valence-corrected chi connectivity index (χ4v) is 4.06. The number of hydrogen-bond donors (Lipinski definition) is 2. The van der Waals surface area contributed by atoms with Gasteiger partial charge in [-0.05, 0) is 64.2 Å². The van der Waals surface area contributed by atoms with Crippen molar-refractivity contribution in [3.05, 3.63) is 54.3 Å². The number of aromatic nitrogens is 1. The van der Waals surface area contributed by atoms with Crippen molar-refractivity contribution < 1.29 is 4.79 Å². The van der Waals surface area contributed by atoms with Gasteiger partial charge in [0, 0.05) is 28.1 Å². The normalized spacial score (nSPS) is 11.0. The van der Waals surface area contributed by atoms with Crippen LogP contribution in [0.3, 0.4) is 0 Å². The first kappa shape index (κ1) is 15.1. The van der Waals surface area contributed by atoms with E-state index in [4.69, 9.17) is 0 Å². The zero-order valence-corrected chi connectivity index (χ0v) is 15.5. The molecule has 3 rings (SSSR count). The fourth-order valence-electron chi connectivity index (χ4n) is 2.22. The number of rotatable bonds is 4. The molecule has 0 spiro atoms. The van der Waals surface area contributed by atoms with Gasteiger partial charge >= 0.3 is 0 Å². The molecule has 1 aromatic carbocycles. The minimum absolute atomic E-state index is 0.00155. The molecule has 3 aromatic rings. The van der Waals surface area contributed by atoms with Gasteiger partial charge in [-0.15, -0.1) is 11.3 Å². The van der Waals surface area contributed by atoms with Gasteiger partial charge in [0.25, 0.3) is 5.91 Å². The van der Waals surface area contributed by atoms with Crippen molar-refractivity contribution in [3.8, 4) is 0 Å². The van der Waals surface area contributed by atoms with Gasteiger partial charge in [0.05, 0.1) is 8.45 Å². The lowest BCUT2D eigenvalue weighted by Gasteiger charge is -2.04. The summed E-state index contributed by atoms with van der Waals surface area (Å²) in [5, 5.41) is 6.12. The highest BCUT2D eigenvalue weighted by atomic mass is 127. The van der Waals surface area contributed by atoms with Crippen LogP contribution < -0.4 is 5.32 Å². The molecule has 2 N–H and O–H groups in total. The third kappa shape index (κ3) is 3.32. The number of fused-ring (bicyclic) bond motifs is 1. The lowest BCUT2D eigenvalue weighted by Crippen LogP contribution is -2.25. The summed E-state index contributed by atoms with van der Waals surface area (Å²) in [5.74, 6) is 0.00155. The van der Waals surface area contributed by atoms with E-state index in [-0.39, 0.29) is 5.91 Å². The van der Waals surface area contributed by atoms with E-state index in [1.54, 1.807) is 11.3 Å². The molecule has 6 heteroatoms. The maximum absolute atomic E-state index is 12.0. The number of nitrogens with one attached hydrogen (secondary N) is 2. The molecule has 0 saturated heterocycles. The van der Waals surface area contributed by atoms with E-state index in [0.717, 1.165) is 24.9 Å². The Labute approximate surface area is 148 Å². The molecule has 0 unspecified atom stereocenters.